The number of phosphoric acid groups is 1. The van der Waals surface area contributed by atoms with Crippen molar-refractivity contribution in [1.29, 1.82) is 0 Å². The molecule has 0 aromatic heterocycles. The van der Waals surface area contributed by atoms with Crippen LogP contribution in [0.15, 0.2) is 12.2 Å². The van der Waals surface area contributed by atoms with Crippen LogP contribution >= 0.6 is 7.82 Å². The van der Waals surface area contributed by atoms with Gasteiger partial charge in [-0.05, 0) is 38.5 Å². The zero-order chi connectivity index (χ0) is 32.6. The quantitative estimate of drug-likeness (QED) is 0.0313. The summed E-state index contributed by atoms with van der Waals surface area (Å²) in [5, 5.41) is 0. The standard InChI is InChI=1S/C35H67O8P/c1-3-5-7-9-11-13-14-15-16-17-18-19-20-22-23-25-27-29-34(36)41-31-33(32-42-44(38,39)40)43-35(37)30-28-26-24-21-12-10-8-6-4-2/h13-14,33H,3-12,15-32H2,1-2H3,(H2,38,39,40)/b14-13+/t33-/m1/s1. The number of esters is 2. The molecule has 44 heavy (non-hydrogen) atoms. The molecule has 0 spiro atoms. The van der Waals surface area contributed by atoms with Gasteiger partial charge in [0, 0.05) is 12.8 Å². The lowest BCUT2D eigenvalue weighted by atomic mass is 10.1. The topological polar surface area (TPSA) is 119 Å². The average Bonchev–Trinajstić information content (AvgIpc) is 2.98. The second kappa shape index (κ2) is 31.8. The number of rotatable bonds is 33. The second-order valence-corrected chi connectivity index (χ2v) is 13.4. The number of carbonyl (C=O) groups excluding carboxylic acids is 2. The maximum Gasteiger partial charge on any atom is 0.469 e. The van der Waals surface area contributed by atoms with Gasteiger partial charge in [-0.3, -0.25) is 14.1 Å². The molecule has 9 heteroatoms. The van der Waals surface area contributed by atoms with E-state index < -0.39 is 32.5 Å². The first-order valence-electron chi connectivity index (χ1n) is 18.0. The summed E-state index contributed by atoms with van der Waals surface area (Å²) in [5.41, 5.74) is 0. The Balaban J connectivity index is 3.91. The van der Waals surface area contributed by atoms with Crippen LogP contribution in [0.2, 0.25) is 0 Å². The summed E-state index contributed by atoms with van der Waals surface area (Å²) in [5.74, 6) is -0.885. The van der Waals surface area contributed by atoms with Crippen LogP contribution in [0.5, 0.6) is 0 Å². The molecule has 0 saturated carbocycles. The molecule has 0 saturated heterocycles. The molecule has 8 nitrogen and oxygen atoms in total. The summed E-state index contributed by atoms with van der Waals surface area (Å²) in [6.07, 6.45) is 32.3. The van der Waals surface area contributed by atoms with Gasteiger partial charge in [0.2, 0.25) is 0 Å². The fourth-order valence-corrected chi connectivity index (χ4v) is 5.43. The number of unbranched alkanes of at least 4 members (excludes halogenated alkanes) is 21. The lowest BCUT2D eigenvalue weighted by Gasteiger charge is -2.18. The highest BCUT2D eigenvalue weighted by Crippen LogP contribution is 2.36. The lowest BCUT2D eigenvalue weighted by molar-refractivity contribution is -0.161. The molecule has 0 rings (SSSR count). The van der Waals surface area contributed by atoms with Crippen molar-refractivity contribution >= 4 is 19.8 Å². The van der Waals surface area contributed by atoms with Gasteiger partial charge in [-0.15, -0.1) is 0 Å². The van der Waals surface area contributed by atoms with Gasteiger partial charge in [-0.2, -0.15) is 0 Å². The number of phosphoric ester groups is 1. The van der Waals surface area contributed by atoms with E-state index in [4.69, 9.17) is 19.3 Å². The molecule has 0 unspecified atom stereocenters. The van der Waals surface area contributed by atoms with E-state index in [9.17, 15) is 14.2 Å². The van der Waals surface area contributed by atoms with Crippen molar-refractivity contribution in [2.45, 2.75) is 187 Å². The van der Waals surface area contributed by atoms with Gasteiger partial charge in [0.1, 0.15) is 6.61 Å². The van der Waals surface area contributed by atoms with Gasteiger partial charge in [-0.1, -0.05) is 142 Å². The van der Waals surface area contributed by atoms with Gasteiger partial charge in [0.05, 0.1) is 6.61 Å². The smallest absolute Gasteiger partial charge is 0.462 e. The number of hydrogen-bond acceptors (Lipinski definition) is 6. The molecule has 0 aliphatic rings. The summed E-state index contributed by atoms with van der Waals surface area (Å²) in [6.45, 7) is 3.64. The van der Waals surface area contributed by atoms with Crippen LogP contribution in [-0.4, -0.2) is 41.0 Å². The molecule has 0 heterocycles. The Kier molecular flexibility index (Phi) is 30.9. The van der Waals surface area contributed by atoms with E-state index in [2.05, 4.69) is 30.5 Å². The third kappa shape index (κ3) is 33.7. The fourth-order valence-electron chi connectivity index (χ4n) is 5.07. The molecule has 0 radical (unpaired) electrons. The Hall–Kier alpha value is -1.21. The Morgan fingerprint density at radius 1 is 0.568 bits per heavy atom. The van der Waals surface area contributed by atoms with Crippen molar-refractivity contribution < 1.29 is 37.9 Å². The molecular weight excluding hydrogens is 579 g/mol. The van der Waals surface area contributed by atoms with Crippen molar-refractivity contribution in [2.24, 2.45) is 0 Å². The van der Waals surface area contributed by atoms with Crippen LogP contribution in [0.3, 0.4) is 0 Å². The fraction of sp³-hybridized carbons (Fsp3) is 0.886. The molecule has 0 amide bonds. The van der Waals surface area contributed by atoms with Crippen LogP contribution in [0.1, 0.15) is 181 Å². The highest BCUT2D eigenvalue weighted by Gasteiger charge is 2.22. The summed E-state index contributed by atoms with van der Waals surface area (Å²) in [6, 6.07) is 0. The largest absolute Gasteiger partial charge is 0.469 e. The van der Waals surface area contributed by atoms with E-state index in [0.29, 0.717) is 6.42 Å². The van der Waals surface area contributed by atoms with Crippen molar-refractivity contribution in [3.63, 3.8) is 0 Å². The van der Waals surface area contributed by atoms with Gasteiger partial charge in [0.25, 0.3) is 0 Å². The van der Waals surface area contributed by atoms with Gasteiger partial charge in [0.15, 0.2) is 6.10 Å². The maximum atomic E-state index is 12.3. The van der Waals surface area contributed by atoms with Crippen molar-refractivity contribution in [1.82, 2.24) is 0 Å². The van der Waals surface area contributed by atoms with E-state index >= 15 is 0 Å². The first-order valence-corrected chi connectivity index (χ1v) is 19.5. The summed E-state index contributed by atoms with van der Waals surface area (Å²) >= 11 is 0. The van der Waals surface area contributed by atoms with Crippen LogP contribution in [0.25, 0.3) is 0 Å². The summed E-state index contributed by atoms with van der Waals surface area (Å²) in [7, 11) is -4.74. The highest BCUT2D eigenvalue weighted by molar-refractivity contribution is 7.46. The van der Waals surface area contributed by atoms with Crippen LogP contribution in [-0.2, 0) is 28.2 Å². The zero-order valence-electron chi connectivity index (χ0n) is 28.3. The Morgan fingerprint density at radius 3 is 1.41 bits per heavy atom. The zero-order valence-corrected chi connectivity index (χ0v) is 29.2. The Bertz CT molecular complexity index is 736. The Morgan fingerprint density at radius 2 is 0.955 bits per heavy atom. The van der Waals surface area contributed by atoms with E-state index in [1.54, 1.807) is 0 Å². The molecule has 2 N–H and O–H groups in total. The Labute approximate surface area is 269 Å². The second-order valence-electron chi connectivity index (χ2n) is 12.2. The summed E-state index contributed by atoms with van der Waals surface area (Å²) in [4.78, 5) is 42.5. The van der Waals surface area contributed by atoms with Crippen LogP contribution < -0.4 is 0 Å². The molecule has 1 atom stereocenters. The third-order valence-corrected chi connectivity index (χ3v) is 8.27. The molecular formula is C35H67O8P. The maximum absolute atomic E-state index is 12.3. The monoisotopic (exact) mass is 646 g/mol. The average molecular weight is 647 g/mol. The van der Waals surface area contributed by atoms with E-state index in [-0.39, 0.29) is 19.4 Å². The van der Waals surface area contributed by atoms with Crippen molar-refractivity contribution in [3.05, 3.63) is 12.2 Å². The molecule has 0 aromatic carbocycles. The van der Waals surface area contributed by atoms with Gasteiger partial charge >= 0.3 is 19.8 Å². The number of carbonyl (C=O) groups is 2. The number of allylic oxidation sites excluding steroid dienone is 2. The van der Waals surface area contributed by atoms with Crippen LogP contribution in [0.4, 0.5) is 0 Å². The first-order chi connectivity index (χ1) is 21.3. The van der Waals surface area contributed by atoms with Crippen molar-refractivity contribution in [2.75, 3.05) is 13.2 Å². The predicted octanol–water partition coefficient (Wildman–Crippen LogP) is 10.3. The van der Waals surface area contributed by atoms with Crippen molar-refractivity contribution in [3.8, 4) is 0 Å². The third-order valence-electron chi connectivity index (χ3n) is 7.78. The minimum Gasteiger partial charge on any atom is -0.462 e. The highest BCUT2D eigenvalue weighted by atomic mass is 31.2. The molecule has 0 fully saturated rings. The van der Waals surface area contributed by atoms with Gasteiger partial charge < -0.3 is 19.3 Å². The minimum absolute atomic E-state index is 0.215. The van der Waals surface area contributed by atoms with E-state index in [1.165, 1.54) is 109 Å². The molecule has 260 valence electrons. The molecule has 0 aliphatic heterocycles. The minimum atomic E-state index is -4.74. The van der Waals surface area contributed by atoms with E-state index in [0.717, 1.165) is 38.5 Å². The lowest BCUT2D eigenvalue weighted by Crippen LogP contribution is -2.29. The number of ether oxygens (including phenoxy) is 2. The molecule has 0 aliphatic carbocycles. The SMILES string of the molecule is CCCCCC/C=C/CCCCCCCCCCCC(=O)OC[C@H](COP(=O)(O)O)OC(=O)CCCCCCCCCCC. The molecule has 0 aromatic rings. The van der Waals surface area contributed by atoms with E-state index in [1.807, 2.05) is 0 Å². The predicted molar refractivity (Wildman–Crippen MR) is 179 cm³/mol. The number of hydrogen-bond donors (Lipinski definition) is 2. The molecule has 0 bridgehead atoms. The van der Waals surface area contributed by atoms with Crippen LogP contribution in [0, 0.1) is 0 Å². The summed E-state index contributed by atoms with van der Waals surface area (Å²) < 4.78 is 26.2. The normalized spacial score (nSPS) is 12.5. The first kappa shape index (κ1) is 42.8. The van der Waals surface area contributed by atoms with Gasteiger partial charge in [-0.25, -0.2) is 4.57 Å².